The topological polar surface area (TPSA) is 107 Å². The first-order valence-corrected chi connectivity index (χ1v) is 12.9. The predicted molar refractivity (Wildman–Crippen MR) is 126 cm³/mol. The fourth-order valence-corrected chi connectivity index (χ4v) is 5.15. The quantitative estimate of drug-likeness (QED) is 0.546. The van der Waals surface area contributed by atoms with Crippen LogP contribution < -0.4 is 10.6 Å². The summed E-state index contributed by atoms with van der Waals surface area (Å²) in [6, 6.07) is -1.13. The molecule has 1 aliphatic carbocycles. The van der Waals surface area contributed by atoms with Gasteiger partial charge in [0.2, 0.25) is 5.91 Å². The van der Waals surface area contributed by atoms with Crippen molar-refractivity contribution in [3.8, 4) is 0 Å². The maximum absolute atomic E-state index is 13.4. The molecular weight excluding hydrogens is 442 g/mol. The first-order valence-electron chi connectivity index (χ1n) is 12.0. The second-order valence-corrected chi connectivity index (χ2v) is 11.1. The van der Waals surface area contributed by atoms with Gasteiger partial charge in [-0.05, 0) is 39.5 Å². The molecule has 9 heteroatoms. The number of carbonyl (C=O) groups excluding carboxylic acids is 3. The van der Waals surface area contributed by atoms with E-state index in [1.54, 1.807) is 26.3 Å². The van der Waals surface area contributed by atoms with Crippen molar-refractivity contribution >= 4 is 29.3 Å². The molecule has 2 heterocycles. The van der Waals surface area contributed by atoms with E-state index < -0.39 is 17.7 Å². The lowest BCUT2D eigenvalue weighted by atomic mass is 9.83. The van der Waals surface area contributed by atoms with Crippen LogP contribution in [0.4, 0.5) is 4.79 Å². The SMILES string of the molecule is C[C@@H]1C[C@@H]([C@H](CC2CCCCC2)NC(=O)[C@H](Cc2cscn2)NC(=O)OC(C)(C)C)OC1=O. The summed E-state index contributed by atoms with van der Waals surface area (Å²) in [6.07, 6.45) is 6.51. The lowest BCUT2D eigenvalue weighted by Gasteiger charge is -2.31. The van der Waals surface area contributed by atoms with Gasteiger partial charge in [0.1, 0.15) is 17.7 Å². The summed E-state index contributed by atoms with van der Waals surface area (Å²) < 4.78 is 11.0. The van der Waals surface area contributed by atoms with E-state index in [1.807, 2.05) is 12.3 Å². The highest BCUT2D eigenvalue weighted by molar-refractivity contribution is 7.07. The summed E-state index contributed by atoms with van der Waals surface area (Å²) in [4.78, 5) is 42.2. The van der Waals surface area contributed by atoms with Gasteiger partial charge >= 0.3 is 12.1 Å². The lowest BCUT2D eigenvalue weighted by Crippen LogP contribution is -2.54. The van der Waals surface area contributed by atoms with Crippen molar-refractivity contribution in [2.45, 2.75) is 103 Å². The molecule has 4 atom stereocenters. The van der Waals surface area contributed by atoms with Gasteiger partial charge in [0.05, 0.1) is 23.2 Å². The van der Waals surface area contributed by atoms with Gasteiger partial charge in [-0.15, -0.1) is 11.3 Å². The Morgan fingerprint density at radius 3 is 2.55 bits per heavy atom. The Kier molecular flexibility index (Phi) is 8.73. The fourth-order valence-electron chi connectivity index (χ4n) is 4.58. The molecule has 1 aromatic heterocycles. The van der Waals surface area contributed by atoms with Crippen molar-refractivity contribution in [1.29, 1.82) is 0 Å². The second kappa shape index (κ2) is 11.3. The minimum atomic E-state index is -0.842. The summed E-state index contributed by atoms with van der Waals surface area (Å²) in [5.74, 6) is -0.208. The van der Waals surface area contributed by atoms with E-state index in [1.165, 1.54) is 30.6 Å². The van der Waals surface area contributed by atoms with Crippen LogP contribution in [0.15, 0.2) is 10.9 Å². The largest absolute Gasteiger partial charge is 0.460 e. The molecule has 0 bridgehead atoms. The van der Waals surface area contributed by atoms with Gasteiger partial charge in [-0.1, -0.05) is 39.0 Å². The van der Waals surface area contributed by atoms with E-state index in [-0.39, 0.29) is 36.4 Å². The Morgan fingerprint density at radius 2 is 1.97 bits per heavy atom. The molecule has 0 radical (unpaired) electrons. The zero-order valence-corrected chi connectivity index (χ0v) is 20.9. The number of amides is 2. The van der Waals surface area contributed by atoms with Crippen LogP contribution in [0.25, 0.3) is 0 Å². The Bertz CT molecular complexity index is 802. The van der Waals surface area contributed by atoms with Crippen molar-refractivity contribution in [2.24, 2.45) is 11.8 Å². The predicted octanol–water partition coefficient (Wildman–Crippen LogP) is 3.99. The maximum Gasteiger partial charge on any atom is 0.408 e. The number of thiazole rings is 1. The molecule has 0 unspecified atom stereocenters. The molecular formula is C24H37N3O5S. The summed E-state index contributed by atoms with van der Waals surface area (Å²) >= 11 is 1.44. The van der Waals surface area contributed by atoms with Crippen molar-refractivity contribution in [3.63, 3.8) is 0 Å². The van der Waals surface area contributed by atoms with Gasteiger partial charge < -0.3 is 20.1 Å². The van der Waals surface area contributed by atoms with Crippen LogP contribution >= 0.6 is 11.3 Å². The van der Waals surface area contributed by atoms with Crippen LogP contribution in [-0.4, -0.2) is 46.7 Å². The van der Waals surface area contributed by atoms with Gasteiger partial charge in [0, 0.05) is 11.8 Å². The van der Waals surface area contributed by atoms with E-state index >= 15 is 0 Å². The molecule has 33 heavy (non-hydrogen) atoms. The molecule has 2 N–H and O–H groups in total. The third-order valence-electron chi connectivity index (χ3n) is 6.25. The molecule has 1 aliphatic heterocycles. The molecule has 0 aromatic carbocycles. The number of rotatable bonds is 8. The Labute approximate surface area is 200 Å². The summed E-state index contributed by atoms with van der Waals surface area (Å²) in [6.45, 7) is 7.19. The zero-order chi connectivity index (χ0) is 24.0. The van der Waals surface area contributed by atoms with Gasteiger partial charge in [0.15, 0.2) is 0 Å². The van der Waals surface area contributed by atoms with Gasteiger partial charge in [-0.2, -0.15) is 0 Å². The van der Waals surface area contributed by atoms with Crippen LogP contribution in [0.2, 0.25) is 0 Å². The molecule has 184 valence electrons. The zero-order valence-electron chi connectivity index (χ0n) is 20.1. The molecule has 2 fully saturated rings. The van der Waals surface area contributed by atoms with Crippen LogP contribution in [0, 0.1) is 11.8 Å². The number of hydrogen-bond donors (Lipinski definition) is 2. The number of nitrogens with one attached hydrogen (secondary N) is 2. The number of alkyl carbamates (subject to hydrolysis) is 1. The molecule has 1 saturated carbocycles. The third kappa shape index (κ3) is 7.98. The van der Waals surface area contributed by atoms with Crippen LogP contribution in [0.3, 0.4) is 0 Å². The van der Waals surface area contributed by atoms with Gasteiger partial charge in [-0.25, -0.2) is 9.78 Å². The van der Waals surface area contributed by atoms with Crippen molar-refractivity contribution in [3.05, 3.63) is 16.6 Å². The summed E-state index contributed by atoms with van der Waals surface area (Å²) in [7, 11) is 0. The number of cyclic esters (lactones) is 1. The molecule has 1 saturated heterocycles. The molecule has 0 spiro atoms. The summed E-state index contributed by atoms with van der Waals surface area (Å²) in [5.41, 5.74) is 1.74. The maximum atomic E-state index is 13.4. The number of nitrogens with zero attached hydrogens (tertiary/aromatic N) is 1. The molecule has 2 aliphatic rings. The average Bonchev–Trinajstić information content (AvgIpc) is 3.36. The Balaban J connectivity index is 1.72. The number of ether oxygens (including phenoxy) is 2. The lowest BCUT2D eigenvalue weighted by molar-refractivity contribution is -0.145. The smallest absolute Gasteiger partial charge is 0.408 e. The fraction of sp³-hybridized carbons (Fsp3) is 0.750. The number of carbonyl (C=O) groups is 3. The normalized spacial score (nSPS) is 23.5. The standard InChI is InChI=1S/C24H37N3O5S/c1-15-10-20(31-22(15)29)18(11-16-8-6-5-7-9-16)26-21(28)19(12-17-13-33-14-25-17)27-23(30)32-24(2,3)4/h13-16,18-20H,5-12H2,1-4H3,(H,26,28)(H,27,30)/t15-,18+,19+,20+/m1/s1. The first kappa shape index (κ1) is 25.5. The minimum Gasteiger partial charge on any atom is -0.460 e. The van der Waals surface area contributed by atoms with E-state index in [0.717, 1.165) is 25.0 Å². The van der Waals surface area contributed by atoms with E-state index in [2.05, 4.69) is 15.6 Å². The van der Waals surface area contributed by atoms with Crippen molar-refractivity contribution < 1.29 is 23.9 Å². The van der Waals surface area contributed by atoms with Crippen molar-refractivity contribution in [1.82, 2.24) is 15.6 Å². The highest BCUT2D eigenvalue weighted by Gasteiger charge is 2.39. The van der Waals surface area contributed by atoms with Crippen LogP contribution in [-0.2, 0) is 25.5 Å². The van der Waals surface area contributed by atoms with Crippen LogP contribution in [0.5, 0.6) is 0 Å². The Hall–Kier alpha value is -2.16. The summed E-state index contributed by atoms with van der Waals surface area (Å²) in [5, 5.41) is 7.69. The first-order chi connectivity index (χ1) is 15.6. The molecule has 8 nitrogen and oxygen atoms in total. The van der Waals surface area contributed by atoms with E-state index in [4.69, 9.17) is 9.47 Å². The van der Waals surface area contributed by atoms with Gasteiger partial charge in [-0.3, -0.25) is 9.59 Å². The van der Waals surface area contributed by atoms with Gasteiger partial charge in [0.25, 0.3) is 0 Å². The number of esters is 1. The number of aromatic nitrogens is 1. The van der Waals surface area contributed by atoms with Crippen molar-refractivity contribution in [2.75, 3.05) is 0 Å². The highest BCUT2D eigenvalue weighted by Crippen LogP contribution is 2.31. The molecule has 1 aromatic rings. The van der Waals surface area contributed by atoms with E-state index in [9.17, 15) is 14.4 Å². The monoisotopic (exact) mass is 479 g/mol. The molecule has 3 rings (SSSR count). The van der Waals surface area contributed by atoms with E-state index in [0.29, 0.717) is 12.3 Å². The highest BCUT2D eigenvalue weighted by atomic mass is 32.1. The average molecular weight is 480 g/mol. The number of hydrogen-bond acceptors (Lipinski definition) is 7. The third-order valence-corrected chi connectivity index (χ3v) is 6.88. The second-order valence-electron chi connectivity index (χ2n) is 10.3. The molecule has 2 amide bonds. The Morgan fingerprint density at radius 1 is 1.24 bits per heavy atom. The minimum absolute atomic E-state index is 0.175. The van der Waals surface area contributed by atoms with Crippen LogP contribution in [0.1, 0.15) is 78.3 Å².